The molecule has 24 heavy (non-hydrogen) atoms. The van der Waals surface area contributed by atoms with Gasteiger partial charge in [-0.25, -0.2) is 8.42 Å². The number of amides is 1. The number of carbonyl (C=O) groups is 1. The molecule has 0 atom stereocenters. The van der Waals surface area contributed by atoms with Crippen LogP contribution in [-0.4, -0.2) is 19.1 Å². The van der Waals surface area contributed by atoms with E-state index in [0.717, 1.165) is 5.56 Å². The zero-order chi connectivity index (χ0) is 18.0. The van der Waals surface area contributed by atoms with Gasteiger partial charge in [0.05, 0.1) is 4.90 Å². The van der Waals surface area contributed by atoms with Gasteiger partial charge in [0, 0.05) is 16.6 Å². The summed E-state index contributed by atoms with van der Waals surface area (Å²) in [6.45, 7) is 2.98. The van der Waals surface area contributed by atoms with Crippen molar-refractivity contribution in [3.63, 3.8) is 0 Å². The minimum Gasteiger partial charge on any atom is -0.351 e. The Balaban J connectivity index is 2.16. The van der Waals surface area contributed by atoms with Crippen LogP contribution in [0.15, 0.2) is 53.4 Å². The number of hydrogen-bond donors (Lipinski definition) is 1. The van der Waals surface area contributed by atoms with E-state index in [1.807, 2.05) is 0 Å². The average molecular weight is 386 g/mol. The number of hydrogen-bond acceptors (Lipinski definition) is 3. The van der Waals surface area contributed by atoms with Gasteiger partial charge < -0.3 is 5.32 Å². The molecule has 0 heterocycles. The Morgan fingerprint density at radius 1 is 0.958 bits per heavy atom. The molecule has 2 aromatic rings. The molecule has 1 N–H and O–H groups in total. The van der Waals surface area contributed by atoms with E-state index in [0.29, 0.717) is 10.0 Å². The average Bonchev–Trinajstić information content (AvgIpc) is 2.54. The lowest BCUT2D eigenvalue weighted by Gasteiger charge is -2.24. The number of sulfone groups is 1. The van der Waals surface area contributed by atoms with Crippen LogP contribution in [0.2, 0.25) is 10.0 Å². The summed E-state index contributed by atoms with van der Waals surface area (Å²) in [4.78, 5) is 12.5. The second-order valence-electron chi connectivity index (χ2n) is 5.78. The van der Waals surface area contributed by atoms with E-state index >= 15 is 0 Å². The fourth-order valence-electron chi connectivity index (χ4n) is 2.03. The lowest BCUT2D eigenvalue weighted by Crippen LogP contribution is -2.47. The van der Waals surface area contributed by atoms with Gasteiger partial charge in [0.15, 0.2) is 9.84 Å². The van der Waals surface area contributed by atoms with Crippen molar-refractivity contribution in [1.82, 2.24) is 5.32 Å². The van der Waals surface area contributed by atoms with Crippen molar-refractivity contribution in [2.75, 3.05) is 0 Å². The lowest BCUT2D eigenvalue weighted by atomic mass is 10.1. The molecule has 0 aliphatic carbocycles. The normalized spacial score (nSPS) is 12.0. The van der Waals surface area contributed by atoms with Gasteiger partial charge in [-0.05, 0) is 55.8 Å². The maximum Gasteiger partial charge on any atom is 0.241 e. The van der Waals surface area contributed by atoms with Crippen LogP contribution in [0.4, 0.5) is 0 Å². The summed E-state index contributed by atoms with van der Waals surface area (Å²) >= 11 is 11.6. The maximum absolute atomic E-state index is 12.7. The van der Waals surface area contributed by atoms with Crippen LogP contribution in [0.25, 0.3) is 0 Å². The van der Waals surface area contributed by atoms with Crippen molar-refractivity contribution in [2.24, 2.45) is 0 Å². The molecule has 0 unspecified atom stereocenters. The van der Waals surface area contributed by atoms with Gasteiger partial charge in [-0.15, -0.1) is 0 Å². The minimum absolute atomic E-state index is 0.0542. The highest BCUT2D eigenvalue weighted by Crippen LogP contribution is 2.27. The predicted molar refractivity (Wildman–Crippen MR) is 96.0 cm³/mol. The van der Waals surface area contributed by atoms with E-state index in [-0.39, 0.29) is 11.4 Å². The summed E-state index contributed by atoms with van der Waals surface area (Å²) in [5.41, 5.74) is 0.826. The first-order valence-electron chi connectivity index (χ1n) is 7.17. The van der Waals surface area contributed by atoms with Crippen molar-refractivity contribution in [3.05, 3.63) is 64.1 Å². The van der Waals surface area contributed by atoms with Gasteiger partial charge in [-0.1, -0.05) is 35.3 Å². The molecule has 0 saturated carbocycles. The van der Waals surface area contributed by atoms with E-state index in [2.05, 4.69) is 5.32 Å². The highest BCUT2D eigenvalue weighted by atomic mass is 35.5. The van der Waals surface area contributed by atoms with Crippen LogP contribution >= 0.6 is 23.2 Å². The summed E-state index contributed by atoms with van der Waals surface area (Å²) < 4.78 is 23.9. The predicted octanol–water partition coefficient (Wildman–Crippen LogP) is 3.86. The topological polar surface area (TPSA) is 63.2 Å². The highest BCUT2D eigenvalue weighted by Gasteiger charge is 2.42. The Morgan fingerprint density at radius 2 is 1.42 bits per heavy atom. The molecule has 1 amide bonds. The minimum atomic E-state index is -3.86. The monoisotopic (exact) mass is 385 g/mol. The second kappa shape index (κ2) is 7.13. The first kappa shape index (κ1) is 18.8. The Morgan fingerprint density at radius 3 is 1.92 bits per heavy atom. The standard InChI is InChI=1S/C17H17Cl2NO3S/c1-17(2,24(22,23)15-9-7-14(19)8-10-15)16(21)20-11-12-3-5-13(18)6-4-12/h3-10H,11H2,1-2H3,(H,20,21). The number of nitrogens with one attached hydrogen (secondary N) is 1. The van der Waals surface area contributed by atoms with E-state index < -0.39 is 20.5 Å². The molecule has 0 radical (unpaired) electrons. The molecular weight excluding hydrogens is 369 g/mol. The van der Waals surface area contributed by atoms with Crippen LogP contribution < -0.4 is 5.32 Å². The SMILES string of the molecule is CC(C)(C(=O)NCc1ccc(Cl)cc1)S(=O)(=O)c1ccc(Cl)cc1. The molecule has 4 nitrogen and oxygen atoms in total. The number of carbonyl (C=O) groups excluding carboxylic acids is 1. The summed E-state index contributed by atoms with van der Waals surface area (Å²) in [6, 6.07) is 12.7. The zero-order valence-electron chi connectivity index (χ0n) is 13.2. The first-order valence-corrected chi connectivity index (χ1v) is 9.41. The molecule has 2 rings (SSSR count). The smallest absolute Gasteiger partial charge is 0.241 e. The van der Waals surface area contributed by atoms with Crippen molar-refractivity contribution in [1.29, 1.82) is 0 Å². The third kappa shape index (κ3) is 3.91. The molecule has 128 valence electrons. The molecule has 0 bridgehead atoms. The fraction of sp³-hybridized carbons (Fsp3) is 0.235. The molecule has 0 aliphatic heterocycles. The zero-order valence-corrected chi connectivity index (χ0v) is 15.5. The Hall–Kier alpha value is -1.56. The summed E-state index contributed by atoms with van der Waals surface area (Å²) in [6.07, 6.45) is 0. The van der Waals surface area contributed by atoms with Crippen molar-refractivity contribution in [2.45, 2.75) is 30.0 Å². The van der Waals surface area contributed by atoms with Crippen molar-refractivity contribution < 1.29 is 13.2 Å². The molecule has 0 spiro atoms. The summed E-state index contributed by atoms with van der Waals surface area (Å²) in [5, 5.41) is 3.68. The van der Waals surface area contributed by atoms with Gasteiger partial charge in [-0.2, -0.15) is 0 Å². The van der Waals surface area contributed by atoms with Crippen LogP contribution in [0.5, 0.6) is 0 Å². The molecular formula is C17H17Cl2NO3S. The Kier molecular flexibility index (Phi) is 5.58. The quantitative estimate of drug-likeness (QED) is 0.849. The molecule has 0 aromatic heterocycles. The van der Waals surface area contributed by atoms with Crippen LogP contribution in [0.3, 0.4) is 0 Å². The first-order chi connectivity index (χ1) is 11.1. The molecule has 0 fully saturated rings. The van der Waals surface area contributed by atoms with Crippen molar-refractivity contribution in [3.8, 4) is 0 Å². The molecule has 7 heteroatoms. The van der Waals surface area contributed by atoms with E-state index in [4.69, 9.17) is 23.2 Å². The van der Waals surface area contributed by atoms with E-state index in [1.165, 1.54) is 38.1 Å². The van der Waals surface area contributed by atoms with Gasteiger partial charge >= 0.3 is 0 Å². The van der Waals surface area contributed by atoms with E-state index in [9.17, 15) is 13.2 Å². The third-order valence-electron chi connectivity index (χ3n) is 3.71. The van der Waals surface area contributed by atoms with Crippen LogP contribution in [0, 0.1) is 0 Å². The number of benzene rings is 2. The Bertz CT molecular complexity index is 829. The number of rotatable bonds is 5. The van der Waals surface area contributed by atoms with Crippen molar-refractivity contribution >= 4 is 38.9 Å². The van der Waals surface area contributed by atoms with Crippen LogP contribution in [0.1, 0.15) is 19.4 Å². The van der Waals surface area contributed by atoms with Gasteiger partial charge in [-0.3, -0.25) is 4.79 Å². The third-order valence-corrected chi connectivity index (χ3v) is 6.63. The Labute approximate surface area is 151 Å². The summed E-state index contributed by atoms with van der Waals surface area (Å²) in [5.74, 6) is -0.576. The highest BCUT2D eigenvalue weighted by molar-refractivity contribution is 7.93. The lowest BCUT2D eigenvalue weighted by molar-refractivity contribution is -0.123. The fourth-order valence-corrected chi connectivity index (χ4v) is 3.68. The number of halogens is 2. The maximum atomic E-state index is 12.7. The molecule has 0 aliphatic rings. The van der Waals surface area contributed by atoms with E-state index in [1.54, 1.807) is 24.3 Å². The van der Waals surface area contributed by atoms with Crippen LogP contribution in [-0.2, 0) is 21.2 Å². The molecule has 2 aromatic carbocycles. The van der Waals surface area contributed by atoms with Gasteiger partial charge in [0.1, 0.15) is 4.75 Å². The van der Waals surface area contributed by atoms with Gasteiger partial charge in [0.25, 0.3) is 0 Å². The second-order valence-corrected chi connectivity index (χ2v) is 9.15. The molecule has 0 saturated heterocycles. The summed E-state index contributed by atoms with van der Waals surface area (Å²) in [7, 11) is -3.86. The van der Waals surface area contributed by atoms with Gasteiger partial charge in [0.2, 0.25) is 5.91 Å². The largest absolute Gasteiger partial charge is 0.351 e.